The van der Waals surface area contributed by atoms with Gasteiger partial charge < -0.3 is 10.4 Å². The Morgan fingerprint density at radius 3 is 2.78 bits per heavy atom. The Kier molecular flexibility index (Phi) is 3.99. The second-order valence-corrected chi connectivity index (χ2v) is 5.09. The van der Waals surface area contributed by atoms with Gasteiger partial charge in [0, 0.05) is 10.4 Å². The van der Waals surface area contributed by atoms with Gasteiger partial charge >= 0.3 is 0 Å². The van der Waals surface area contributed by atoms with Gasteiger partial charge in [-0.05, 0) is 24.4 Å². The highest BCUT2D eigenvalue weighted by molar-refractivity contribution is 7.10. The third kappa shape index (κ3) is 3.11. The summed E-state index contributed by atoms with van der Waals surface area (Å²) in [6.07, 6.45) is 0.197. The lowest BCUT2D eigenvalue weighted by Gasteiger charge is -2.12. The highest BCUT2D eigenvalue weighted by atomic mass is 32.1. The van der Waals surface area contributed by atoms with Crippen molar-refractivity contribution < 1.29 is 9.90 Å². The molecule has 2 N–H and O–H groups in total. The van der Waals surface area contributed by atoms with Crippen LogP contribution in [-0.4, -0.2) is 11.0 Å². The first-order chi connectivity index (χ1) is 8.66. The SMILES string of the molecule is CC(NC(=O)Cc1ccccc1O)c1cccs1. The molecule has 1 heterocycles. The Morgan fingerprint density at radius 2 is 2.11 bits per heavy atom. The fraction of sp³-hybridized carbons (Fsp3) is 0.214. The molecule has 2 rings (SSSR count). The summed E-state index contributed by atoms with van der Waals surface area (Å²) in [4.78, 5) is 13.0. The molecule has 0 saturated carbocycles. The molecule has 4 heteroatoms. The first kappa shape index (κ1) is 12.6. The molecule has 1 aromatic heterocycles. The van der Waals surface area contributed by atoms with E-state index in [0.29, 0.717) is 5.56 Å². The third-order valence-electron chi connectivity index (χ3n) is 2.69. The van der Waals surface area contributed by atoms with E-state index in [2.05, 4.69) is 5.32 Å². The largest absolute Gasteiger partial charge is 0.508 e. The van der Waals surface area contributed by atoms with E-state index < -0.39 is 0 Å². The second kappa shape index (κ2) is 5.69. The zero-order valence-electron chi connectivity index (χ0n) is 10.1. The Balaban J connectivity index is 1.95. The molecule has 0 spiro atoms. The lowest BCUT2D eigenvalue weighted by Crippen LogP contribution is -2.27. The Morgan fingerprint density at radius 1 is 1.33 bits per heavy atom. The van der Waals surface area contributed by atoms with Gasteiger partial charge in [0.25, 0.3) is 0 Å². The van der Waals surface area contributed by atoms with Gasteiger partial charge in [0.05, 0.1) is 12.5 Å². The van der Waals surface area contributed by atoms with Crippen molar-refractivity contribution in [3.8, 4) is 5.75 Å². The molecule has 1 atom stereocenters. The van der Waals surface area contributed by atoms with Gasteiger partial charge in [-0.25, -0.2) is 0 Å². The Bertz CT molecular complexity index is 522. The molecular weight excluding hydrogens is 246 g/mol. The maximum absolute atomic E-state index is 11.9. The number of rotatable bonds is 4. The molecule has 0 aliphatic carbocycles. The molecule has 0 bridgehead atoms. The van der Waals surface area contributed by atoms with Gasteiger partial charge in [-0.2, -0.15) is 0 Å². The van der Waals surface area contributed by atoms with Crippen LogP contribution in [0.15, 0.2) is 41.8 Å². The lowest BCUT2D eigenvalue weighted by molar-refractivity contribution is -0.121. The first-order valence-corrected chi connectivity index (χ1v) is 6.64. The quantitative estimate of drug-likeness (QED) is 0.889. The van der Waals surface area contributed by atoms with E-state index in [-0.39, 0.29) is 24.1 Å². The number of carbonyl (C=O) groups excluding carboxylic acids is 1. The number of phenols is 1. The van der Waals surface area contributed by atoms with Crippen LogP contribution in [0.1, 0.15) is 23.4 Å². The van der Waals surface area contributed by atoms with Gasteiger partial charge in [0.2, 0.25) is 5.91 Å². The van der Waals surface area contributed by atoms with Crippen molar-refractivity contribution in [2.24, 2.45) is 0 Å². The average Bonchev–Trinajstić information content (AvgIpc) is 2.85. The minimum Gasteiger partial charge on any atom is -0.508 e. The number of para-hydroxylation sites is 1. The molecule has 0 fully saturated rings. The van der Waals surface area contributed by atoms with E-state index in [1.807, 2.05) is 30.5 Å². The van der Waals surface area contributed by atoms with Crippen molar-refractivity contribution in [1.82, 2.24) is 5.32 Å². The molecule has 3 nitrogen and oxygen atoms in total. The maximum Gasteiger partial charge on any atom is 0.225 e. The molecule has 0 saturated heterocycles. The van der Waals surface area contributed by atoms with Crippen LogP contribution in [-0.2, 0) is 11.2 Å². The van der Waals surface area contributed by atoms with Crippen LogP contribution in [0, 0.1) is 0 Å². The number of aromatic hydroxyl groups is 1. The Hall–Kier alpha value is -1.81. The zero-order valence-corrected chi connectivity index (χ0v) is 10.9. The van der Waals surface area contributed by atoms with Gasteiger partial charge in [-0.1, -0.05) is 24.3 Å². The number of nitrogens with one attached hydrogen (secondary N) is 1. The predicted molar refractivity (Wildman–Crippen MR) is 72.7 cm³/mol. The van der Waals surface area contributed by atoms with Crippen LogP contribution in [0.25, 0.3) is 0 Å². The van der Waals surface area contributed by atoms with E-state index in [0.717, 1.165) is 4.88 Å². The molecule has 1 unspecified atom stereocenters. The number of hydrogen-bond acceptors (Lipinski definition) is 3. The van der Waals surface area contributed by atoms with E-state index >= 15 is 0 Å². The standard InChI is InChI=1S/C14H15NO2S/c1-10(13-7-4-8-18-13)15-14(17)9-11-5-2-3-6-12(11)16/h2-8,10,16H,9H2,1H3,(H,15,17). The summed E-state index contributed by atoms with van der Waals surface area (Å²) in [5.41, 5.74) is 0.647. The summed E-state index contributed by atoms with van der Waals surface area (Å²) in [5.74, 6) is 0.0776. The fourth-order valence-electron chi connectivity index (χ4n) is 1.73. The van der Waals surface area contributed by atoms with Crippen molar-refractivity contribution in [2.75, 3.05) is 0 Å². The van der Waals surface area contributed by atoms with Crippen LogP contribution in [0.3, 0.4) is 0 Å². The molecular formula is C14H15NO2S. The molecule has 2 aromatic rings. The van der Waals surface area contributed by atoms with Crippen LogP contribution < -0.4 is 5.32 Å². The lowest BCUT2D eigenvalue weighted by atomic mass is 10.1. The van der Waals surface area contributed by atoms with E-state index in [9.17, 15) is 9.90 Å². The molecule has 0 aliphatic rings. The Labute approximate surface area is 110 Å². The van der Waals surface area contributed by atoms with Crippen LogP contribution in [0.2, 0.25) is 0 Å². The highest BCUT2D eigenvalue weighted by Gasteiger charge is 2.12. The van der Waals surface area contributed by atoms with Crippen molar-refractivity contribution in [3.05, 3.63) is 52.2 Å². The topological polar surface area (TPSA) is 49.3 Å². The van der Waals surface area contributed by atoms with E-state index in [4.69, 9.17) is 0 Å². The van der Waals surface area contributed by atoms with Gasteiger partial charge in [-0.3, -0.25) is 4.79 Å². The number of hydrogen-bond donors (Lipinski definition) is 2. The van der Waals surface area contributed by atoms with Crippen LogP contribution in [0.5, 0.6) is 5.75 Å². The van der Waals surface area contributed by atoms with Gasteiger partial charge in [0.1, 0.15) is 5.75 Å². The summed E-state index contributed by atoms with van der Waals surface area (Å²) >= 11 is 1.62. The summed E-state index contributed by atoms with van der Waals surface area (Å²) in [6, 6.07) is 10.9. The molecule has 94 valence electrons. The molecule has 1 aromatic carbocycles. The average molecular weight is 261 g/mol. The van der Waals surface area contributed by atoms with Crippen molar-refractivity contribution in [1.29, 1.82) is 0 Å². The second-order valence-electron chi connectivity index (χ2n) is 4.11. The molecule has 1 amide bonds. The van der Waals surface area contributed by atoms with Crippen LogP contribution >= 0.6 is 11.3 Å². The number of amides is 1. The normalized spacial score (nSPS) is 12.1. The van der Waals surface area contributed by atoms with Crippen LogP contribution in [0.4, 0.5) is 0 Å². The molecule has 0 radical (unpaired) electrons. The van der Waals surface area contributed by atoms with E-state index in [1.54, 1.807) is 29.5 Å². The maximum atomic E-state index is 11.9. The summed E-state index contributed by atoms with van der Waals surface area (Å²) in [7, 11) is 0. The highest BCUT2D eigenvalue weighted by Crippen LogP contribution is 2.19. The van der Waals surface area contributed by atoms with E-state index in [1.165, 1.54) is 0 Å². The number of benzene rings is 1. The zero-order chi connectivity index (χ0) is 13.0. The number of phenolic OH excluding ortho intramolecular Hbond substituents is 1. The number of thiophene rings is 1. The molecule has 0 aliphatic heterocycles. The monoisotopic (exact) mass is 261 g/mol. The van der Waals surface area contributed by atoms with Gasteiger partial charge in [-0.15, -0.1) is 11.3 Å². The van der Waals surface area contributed by atoms with Crippen molar-refractivity contribution in [2.45, 2.75) is 19.4 Å². The first-order valence-electron chi connectivity index (χ1n) is 5.76. The summed E-state index contributed by atoms with van der Waals surface area (Å²) in [6.45, 7) is 1.95. The minimum absolute atomic E-state index is 0.00311. The predicted octanol–water partition coefficient (Wildman–Crippen LogP) is 2.87. The number of carbonyl (C=O) groups is 1. The summed E-state index contributed by atoms with van der Waals surface area (Å²) in [5, 5.41) is 14.5. The fourth-order valence-corrected chi connectivity index (χ4v) is 2.47. The van der Waals surface area contributed by atoms with Crippen molar-refractivity contribution >= 4 is 17.2 Å². The van der Waals surface area contributed by atoms with Gasteiger partial charge in [0.15, 0.2) is 0 Å². The van der Waals surface area contributed by atoms with Crippen molar-refractivity contribution in [3.63, 3.8) is 0 Å². The third-order valence-corrected chi connectivity index (χ3v) is 3.75. The minimum atomic E-state index is -0.0857. The summed E-state index contributed by atoms with van der Waals surface area (Å²) < 4.78 is 0. The smallest absolute Gasteiger partial charge is 0.225 e. The molecule has 18 heavy (non-hydrogen) atoms.